The predicted molar refractivity (Wildman–Crippen MR) is 91.6 cm³/mol. The molecule has 1 aromatic heterocycles. The van der Waals surface area contributed by atoms with Crippen molar-refractivity contribution in [3.8, 4) is 5.75 Å². The molecule has 2 aromatic rings. The van der Waals surface area contributed by atoms with E-state index in [0.29, 0.717) is 0 Å². The Morgan fingerprint density at radius 3 is 2.56 bits per heavy atom. The zero-order chi connectivity index (χ0) is 18.4. The van der Waals surface area contributed by atoms with Gasteiger partial charge in [0.25, 0.3) is 0 Å². The summed E-state index contributed by atoms with van der Waals surface area (Å²) in [4.78, 5) is 28.1. The SMILES string of the molecule is CC(C)Oc1ccc(F)cc1NC(=O)C(=O)N[C@@H](C)c1cccnc1. The topological polar surface area (TPSA) is 80.3 Å². The van der Waals surface area contributed by atoms with E-state index < -0.39 is 23.7 Å². The van der Waals surface area contributed by atoms with E-state index in [9.17, 15) is 14.0 Å². The van der Waals surface area contributed by atoms with E-state index >= 15 is 0 Å². The number of anilines is 1. The summed E-state index contributed by atoms with van der Waals surface area (Å²) in [5.74, 6) is -2.00. The lowest BCUT2D eigenvalue weighted by Gasteiger charge is -2.16. The van der Waals surface area contributed by atoms with E-state index in [1.165, 1.54) is 12.1 Å². The van der Waals surface area contributed by atoms with Crippen molar-refractivity contribution in [2.45, 2.75) is 32.9 Å². The molecule has 0 bridgehead atoms. The van der Waals surface area contributed by atoms with Crippen LogP contribution in [0.2, 0.25) is 0 Å². The minimum atomic E-state index is -0.907. The highest BCUT2D eigenvalue weighted by Gasteiger charge is 2.19. The molecule has 2 rings (SSSR count). The van der Waals surface area contributed by atoms with Gasteiger partial charge in [-0.25, -0.2) is 4.39 Å². The molecule has 0 aliphatic rings. The van der Waals surface area contributed by atoms with Crippen LogP contribution in [-0.2, 0) is 9.59 Å². The van der Waals surface area contributed by atoms with Crippen molar-refractivity contribution in [3.05, 3.63) is 54.1 Å². The van der Waals surface area contributed by atoms with Crippen LogP contribution in [0.15, 0.2) is 42.7 Å². The second-order valence-corrected chi connectivity index (χ2v) is 5.74. The Hall–Kier alpha value is -2.96. The Balaban J connectivity index is 2.06. The number of nitrogens with zero attached hydrogens (tertiary/aromatic N) is 1. The summed E-state index contributed by atoms with van der Waals surface area (Å²) in [7, 11) is 0. The summed E-state index contributed by atoms with van der Waals surface area (Å²) >= 11 is 0. The molecule has 0 unspecified atom stereocenters. The van der Waals surface area contributed by atoms with Crippen LogP contribution in [0.5, 0.6) is 5.75 Å². The number of ether oxygens (including phenoxy) is 1. The number of aromatic nitrogens is 1. The number of pyridine rings is 1. The van der Waals surface area contributed by atoms with Crippen LogP contribution in [0.25, 0.3) is 0 Å². The van der Waals surface area contributed by atoms with Crippen molar-refractivity contribution in [1.29, 1.82) is 0 Å². The maximum absolute atomic E-state index is 13.5. The molecule has 0 spiro atoms. The van der Waals surface area contributed by atoms with Crippen molar-refractivity contribution in [2.24, 2.45) is 0 Å². The third-order valence-corrected chi connectivity index (χ3v) is 3.29. The average Bonchev–Trinajstić information content (AvgIpc) is 2.57. The van der Waals surface area contributed by atoms with Gasteiger partial charge in [0.05, 0.1) is 17.8 Å². The van der Waals surface area contributed by atoms with Crippen LogP contribution in [0.4, 0.5) is 10.1 Å². The van der Waals surface area contributed by atoms with Gasteiger partial charge in [0.1, 0.15) is 11.6 Å². The number of hydrogen-bond acceptors (Lipinski definition) is 4. The Morgan fingerprint density at radius 2 is 1.92 bits per heavy atom. The molecule has 0 fully saturated rings. The number of hydrogen-bond donors (Lipinski definition) is 2. The normalized spacial score (nSPS) is 11.7. The first-order chi connectivity index (χ1) is 11.9. The van der Waals surface area contributed by atoms with Gasteiger partial charge >= 0.3 is 11.8 Å². The summed E-state index contributed by atoms with van der Waals surface area (Å²) in [6, 6.07) is 6.86. The summed E-state index contributed by atoms with van der Waals surface area (Å²) < 4.78 is 19.0. The molecule has 0 radical (unpaired) electrons. The summed E-state index contributed by atoms with van der Waals surface area (Å²) in [6.45, 7) is 5.34. The number of rotatable bonds is 5. The molecular formula is C18H20FN3O3. The highest BCUT2D eigenvalue weighted by Crippen LogP contribution is 2.26. The molecule has 25 heavy (non-hydrogen) atoms. The molecule has 7 heteroatoms. The Bertz CT molecular complexity index is 750. The van der Waals surface area contributed by atoms with Crippen LogP contribution in [0.1, 0.15) is 32.4 Å². The van der Waals surface area contributed by atoms with Gasteiger partial charge in [-0.1, -0.05) is 6.07 Å². The number of halogens is 1. The quantitative estimate of drug-likeness (QED) is 0.817. The number of carbonyl (C=O) groups excluding carboxylic acids is 2. The van der Waals surface area contributed by atoms with E-state index in [2.05, 4.69) is 15.6 Å². The molecule has 1 heterocycles. The fourth-order valence-electron chi connectivity index (χ4n) is 2.11. The summed E-state index contributed by atoms with van der Waals surface area (Å²) in [5, 5.41) is 4.95. The van der Waals surface area contributed by atoms with Crippen molar-refractivity contribution in [2.75, 3.05) is 5.32 Å². The van der Waals surface area contributed by atoms with Gasteiger partial charge in [0.15, 0.2) is 0 Å². The molecule has 6 nitrogen and oxygen atoms in total. The van der Waals surface area contributed by atoms with Gasteiger partial charge in [0, 0.05) is 18.5 Å². The second kappa shape index (κ2) is 8.23. The molecule has 0 aliphatic carbocycles. The molecule has 1 atom stereocenters. The van der Waals surface area contributed by atoms with E-state index in [1.54, 1.807) is 45.3 Å². The first-order valence-corrected chi connectivity index (χ1v) is 7.84. The summed E-state index contributed by atoms with van der Waals surface area (Å²) in [5.41, 5.74) is 0.862. The zero-order valence-electron chi connectivity index (χ0n) is 14.2. The maximum Gasteiger partial charge on any atom is 0.313 e. The Morgan fingerprint density at radius 1 is 1.16 bits per heavy atom. The molecular weight excluding hydrogens is 325 g/mol. The minimum Gasteiger partial charge on any atom is -0.489 e. The molecule has 0 saturated heterocycles. The van der Waals surface area contributed by atoms with Crippen molar-refractivity contribution < 1.29 is 18.7 Å². The van der Waals surface area contributed by atoms with Gasteiger partial charge in [-0.05, 0) is 44.5 Å². The average molecular weight is 345 g/mol. The number of nitrogens with one attached hydrogen (secondary N) is 2. The Labute approximate surface area is 145 Å². The van der Waals surface area contributed by atoms with Crippen molar-refractivity contribution >= 4 is 17.5 Å². The van der Waals surface area contributed by atoms with E-state index in [1.807, 2.05) is 0 Å². The smallest absolute Gasteiger partial charge is 0.313 e. The molecule has 132 valence electrons. The third-order valence-electron chi connectivity index (χ3n) is 3.29. The van der Waals surface area contributed by atoms with Crippen LogP contribution in [-0.4, -0.2) is 22.9 Å². The van der Waals surface area contributed by atoms with E-state index in [4.69, 9.17) is 4.74 Å². The van der Waals surface area contributed by atoms with Crippen molar-refractivity contribution in [1.82, 2.24) is 10.3 Å². The van der Waals surface area contributed by atoms with Gasteiger partial charge in [0.2, 0.25) is 0 Å². The highest BCUT2D eigenvalue weighted by molar-refractivity contribution is 6.39. The van der Waals surface area contributed by atoms with Crippen molar-refractivity contribution in [3.63, 3.8) is 0 Å². The highest BCUT2D eigenvalue weighted by atomic mass is 19.1. The molecule has 2 N–H and O–H groups in total. The summed E-state index contributed by atoms with van der Waals surface area (Å²) in [6.07, 6.45) is 3.05. The molecule has 2 amide bonds. The fourth-order valence-corrected chi connectivity index (χ4v) is 2.11. The zero-order valence-corrected chi connectivity index (χ0v) is 14.2. The third kappa shape index (κ3) is 5.27. The van der Waals surface area contributed by atoms with Crippen LogP contribution in [0.3, 0.4) is 0 Å². The van der Waals surface area contributed by atoms with Gasteiger partial charge in [-0.3, -0.25) is 14.6 Å². The lowest BCUT2D eigenvalue weighted by atomic mass is 10.1. The van der Waals surface area contributed by atoms with Crippen LogP contribution < -0.4 is 15.4 Å². The van der Waals surface area contributed by atoms with Crippen LogP contribution in [0, 0.1) is 5.82 Å². The predicted octanol–water partition coefficient (Wildman–Crippen LogP) is 2.82. The number of benzene rings is 1. The first kappa shape index (κ1) is 18.4. The van der Waals surface area contributed by atoms with Crippen LogP contribution >= 0.6 is 0 Å². The second-order valence-electron chi connectivity index (χ2n) is 5.74. The van der Waals surface area contributed by atoms with Gasteiger partial charge in [-0.15, -0.1) is 0 Å². The molecule has 0 saturated carbocycles. The molecule has 0 aliphatic heterocycles. The number of amides is 2. The lowest BCUT2D eigenvalue weighted by Crippen LogP contribution is -2.37. The van der Waals surface area contributed by atoms with Gasteiger partial charge < -0.3 is 15.4 Å². The Kier molecular flexibility index (Phi) is 6.05. The van der Waals surface area contributed by atoms with E-state index in [0.717, 1.165) is 11.6 Å². The number of carbonyl (C=O) groups is 2. The van der Waals surface area contributed by atoms with E-state index in [-0.39, 0.29) is 17.5 Å². The maximum atomic E-state index is 13.5. The van der Waals surface area contributed by atoms with Gasteiger partial charge in [-0.2, -0.15) is 0 Å². The lowest BCUT2D eigenvalue weighted by molar-refractivity contribution is -0.136. The largest absolute Gasteiger partial charge is 0.489 e. The standard InChI is InChI=1S/C18H20FN3O3/c1-11(2)25-16-7-6-14(19)9-15(16)22-18(24)17(23)21-12(3)13-5-4-8-20-10-13/h4-12H,1-3H3,(H,21,23)(H,22,24)/t12-/m0/s1. The first-order valence-electron chi connectivity index (χ1n) is 7.84. The fraction of sp³-hybridized carbons (Fsp3) is 0.278. The monoisotopic (exact) mass is 345 g/mol. The molecule has 1 aromatic carbocycles. The minimum absolute atomic E-state index is 0.0999.